The van der Waals surface area contributed by atoms with E-state index < -0.39 is 0 Å². The molecule has 3 heterocycles. The van der Waals surface area contributed by atoms with Crippen molar-refractivity contribution >= 4 is 28.4 Å². The number of hydrogen-bond donors (Lipinski definition) is 2. The molecule has 8 heteroatoms. The van der Waals surface area contributed by atoms with Crippen LogP contribution in [0.4, 0.5) is 5.82 Å². The van der Waals surface area contributed by atoms with E-state index >= 15 is 0 Å². The third kappa shape index (κ3) is 4.46. The lowest BCUT2D eigenvalue weighted by atomic mass is 10.1. The number of nitrogens with two attached hydrogens (primary N) is 1. The van der Waals surface area contributed by atoms with E-state index in [1.807, 2.05) is 32.9 Å². The van der Waals surface area contributed by atoms with Crippen LogP contribution in [-0.4, -0.2) is 34.0 Å². The van der Waals surface area contributed by atoms with E-state index in [9.17, 15) is 9.59 Å². The van der Waals surface area contributed by atoms with Crippen molar-refractivity contribution in [3.8, 4) is 0 Å². The maximum atomic E-state index is 13.4. The number of carbonyl (C=O) groups excluding carboxylic acids is 1. The van der Waals surface area contributed by atoms with Crippen LogP contribution in [-0.2, 0) is 11.3 Å². The van der Waals surface area contributed by atoms with E-state index in [1.165, 1.54) is 4.40 Å². The summed E-state index contributed by atoms with van der Waals surface area (Å²) in [4.78, 5) is 31.2. The van der Waals surface area contributed by atoms with Crippen molar-refractivity contribution in [1.29, 1.82) is 0 Å². The van der Waals surface area contributed by atoms with Gasteiger partial charge in [0.2, 0.25) is 11.5 Å². The fraction of sp³-hybridized carbons (Fsp3) is 0.500. The lowest BCUT2D eigenvalue weighted by Crippen LogP contribution is -2.44. The highest BCUT2D eigenvalue weighted by Gasteiger charge is 2.26. The van der Waals surface area contributed by atoms with Gasteiger partial charge in [0.25, 0.3) is 17.1 Å². The van der Waals surface area contributed by atoms with Gasteiger partial charge < -0.3 is 15.8 Å². The summed E-state index contributed by atoms with van der Waals surface area (Å²) in [5.74, 6) is 0.0816. The number of nitrogens with zero attached hydrogens (tertiary/aromatic N) is 3. The van der Waals surface area contributed by atoms with Gasteiger partial charge >= 0.3 is 0 Å². The quantitative estimate of drug-likeness (QED) is 0.335. The number of pyridine rings is 2. The second-order valence-electron chi connectivity index (χ2n) is 8.91. The molecular weight excluding hydrogens is 406 g/mol. The Morgan fingerprint density at radius 2 is 2.09 bits per heavy atom. The molecular formula is C24H32N5O3+. The summed E-state index contributed by atoms with van der Waals surface area (Å²) < 4.78 is 8.98. The Morgan fingerprint density at radius 3 is 2.81 bits per heavy atom. The Kier molecular flexibility index (Phi) is 6.41. The van der Waals surface area contributed by atoms with E-state index in [0.717, 1.165) is 31.2 Å². The average Bonchev–Trinajstić information content (AvgIpc) is 3.26. The second-order valence-corrected chi connectivity index (χ2v) is 8.91. The normalized spacial score (nSPS) is 14.6. The summed E-state index contributed by atoms with van der Waals surface area (Å²) in [7, 11) is 0. The van der Waals surface area contributed by atoms with Crippen molar-refractivity contribution in [2.45, 2.75) is 71.6 Å². The van der Waals surface area contributed by atoms with E-state index in [0.29, 0.717) is 47.6 Å². The zero-order valence-corrected chi connectivity index (χ0v) is 19.1. The molecule has 0 saturated heterocycles. The van der Waals surface area contributed by atoms with Gasteiger partial charge in [-0.1, -0.05) is 23.9 Å². The number of nitrogens with one attached hydrogen (secondary N) is 1. The summed E-state index contributed by atoms with van der Waals surface area (Å²) in [6.07, 6.45) is 6.76. The molecule has 3 aromatic rings. The van der Waals surface area contributed by atoms with E-state index in [2.05, 4.69) is 5.32 Å². The van der Waals surface area contributed by atoms with Gasteiger partial charge in [-0.25, -0.2) is 4.57 Å². The summed E-state index contributed by atoms with van der Waals surface area (Å²) in [6.45, 7) is 6.95. The molecule has 4 rings (SSSR count). The van der Waals surface area contributed by atoms with Crippen molar-refractivity contribution in [3.63, 3.8) is 0 Å². The molecule has 1 fully saturated rings. The smallest absolute Gasteiger partial charge is 0.278 e. The summed E-state index contributed by atoms with van der Waals surface area (Å²) in [5, 5.41) is 3.47. The number of hydrogen-bond acceptors (Lipinski definition) is 5. The van der Waals surface area contributed by atoms with Crippen molar-refractivity contribution in [2.24, 2.45) is 0 Å². The van der Waals surface area contributed by atoms with E-state index in [-0.39, 0.29) is 23.6 Å². The minimum Gasteiger partial charge on any atom is -0.379 e. The molecule has 170 valence electrons. The number of aryl methyl sites for hydroxylation is 2. The number of fused-ring (bicyclic) bond motifs is 2. The van der Waals surface area contributed by atoms with Gasteiger partial charge in [0.1, 0.15) is 10.9 Å². The third-order valence-electron chi connectivity index (χ3n) is 6.01. The van der Waals surface area contributed by atoms with Crippen LogP contribution in [0.3, 0.4) is 0 Å². The molecule has 0 bridgehead atoms. The van der Waals surface area contributed by atoms with Gasteiger partial charge in [-0.2, -0.15) is 0 Å². The number of carbonyl (C=O) groups is 1. The van der Waals surface area contributed by atoms with Gasteiger partial charge in [-0.05, 0) is 51.3 Å². The molecule has 1 aliphatic carbocycles. The van der Waals surface area contributed by atoms with Gasteiger partial charge in [-0.3, -0.25) is 14.0 Å². The number of rotatable bonds is 7. The Labute approximate surface area is 187 Å². The van der Waals surface area contributed by atoms with Gasteiger partial charge in [-0.15, -0.1) is 0 Å². The Balaban J connectivity index is 1.82. The predicted molar refractivity (Wildman–Crippen MR) is 124 cm³/mol. The van der Waals surface area contributed by atoms with Crippen LogP contribution in [0.2, 0.25) is 0 Å². The first-order valence-corrected chi connectivity index (χ1v) is 11.4. The Morgan fingerprint density at radius 1 is 1.34 bits per heavy atom. The summed E-state index contributed by atoms with van der Waals surface area (Å²) in [6, 6.07) is 5.49. The molecule has 0 aromatic carbocycles. The summed E-state index contributed by atoms with van der Waals surface area (Å²) in [5.41, 5.74) is 8.59. The molecule has 32 heavy (non-hydrogen) atoms. The highest BCUT2D eigenvalue weighted by Crippen LogP contribution is 2.20. The van der Waals surface area contributed by atoms with Crippen molar-refractivity contribution < 1.29 is 14.1 Å². The lowest BCUT2D eigenvalue weighted by molar-refractivity contribution is -0.659. The molecule has 0 aliphatic heterocycles. The first-order valence-electron chi connectivity index (χ1n) is 11.4. The van der Waals surface area contributed by atoms with Gasteiger partial charge in [0.05, 0.1) is 12.6 Å². The third-order valence-corrected chi connectivity index (χ3v) is 6.01. The number of anilines is 1. The fourth-order valence-corrected chi connectivity index (χ4v) is 4.34. The van der Waals surface area contributed by atoms with Crippen LogP contribution in [0.5, 0.6) is 0 Å². The fourth-order valence-electron chi connectivity index (χ4n) is 4.34. The maximum absolute atomic E-state index is 13.4. The molecule has 1 amide bonds. The van der Waals surface area contributed by atoms with Crippen LogP contribution >= 0.6 is 0 Å². The Hall–Kier alpha value is -3.00. The minimum absolute atomic E-state index is 0.132. The van der Waals surface area contributed by atoms with E-state index in [1.54, 1.807) is 16.8 Å². The molecule has 0 unspecified atom stereocenters. The maximum Gasteiger partial charge on any atom is 0.278 e. The molecule has 8 nitrogen and oxygen atoms in total. The van der Waals surface area contributed by atoms with Crippen LogP contribution in [0.1, 0.15) is 61.9 Å². The monoisotopic (exact) mass is 438 g/mol. The minimum atomic E-state index is -0.239. The molecule has 3 N–H and O–H groups in total. The number of ether oxygens (including phenoxy) is 1. The largest absolute Gasteiger partial charge is 0.379 e. The van der Waals surface area contributed by atoms with Crippen molar-refractivity contribution in [2.75, 3.05) is 12.3 Å². The molecule has 3 aromatic heterocycles. The Bertz CT molecular complexity index is 1210. The highest BCUT2D eigenvalue weighted by atomic mass is 16.5. The van der Waals surface area contributed by atoms with Crippen LogP contribution in [0.15, 0.2) is 29.2 Å². The lowest BCUT2D eigenvalue weighted by Gasteiger charge is -2.15. The molecule has 1 aliphatic rings. The van der Waals surface area contributed by atoms with Crippen LogP contribution < -0.4 is 21.2 Å². The first-order chi connectivity index (χ1) is 15.3. The zero-order valence-electron chi connectivity index (χ0n) is 19.1. The SMILES string of the molecule is Cc1ccc2nc3c(cc(C(=O)NC4CCCC4)c(N)[n+]3CCCOC(C)C)c(=O)n2c1. The highest BCUT2D eigenvalue weighted by molar-refractivity contribution is 6.00. The predicted octanol–water partition coefficient (Wildman–Crippen LogP) is 2.51. The topological polar surface area (TPSA) is 103 Å². The summed E-state index contributed by atoms with van der Waals surface area (Å²) >= 11 is 0. The molecule has 0 atom stereocenters. The van der Waals surface area contributed by atoms with E-state index in [4.69, 9.17) is 15.5 Å². The van der Waals surface area contributed by atoms with Crippen molar-refractivity contribution in [1.82, 2.24) is 14.7 Å². The average molecular weight is 439 g/mol. The number of amides is 1. The van der Waals surface area contributed by atoms with Gasteiger partial charge in [0, 0.05) is 25.3 Å². The molecule has 1 saturated carbocycles. The van der Waals surface area contributed by atoms with Crippen LogP contribution in [0, 0.1) is 6.92 Å². The standard InChI is InChI=1S/C24H31N5O3/c1-15(2)32-12-6-11-28-21(25)18(23(30)26-17-7-4-5-8-17)13-19-22(28)27-20-10-9-16(3)14-29(20)24(19)31/h9-10,13-15,17,25H,4-8,11-12H2,1-3H3,(H,26,30)/p+1. The van der Waals surface area contributed by atoms with Crippen LogP contribution in [0.25, 0.3) is 16.7 Å². The molecule has 0 radical (unpaired) electrons. The first kappa shape index (κ1) is 22.2. The zero-order chi connectivity index (χ0) is 22.8. The molecule has 0 spiro atoms. The number of aromatic nitrogens is 3. The van der Waals surface area contributed by atoms with Gasteiger partial charge in [0.15, 0.2) is 0 Å². The van der Waals surface area contributed by atoms with Crippen molar-refractivity contribution in [3.05, 3.63) is 45.9 Å². The number of nitrogen functional groups attached to an aromatic ring is 1. The second kappa shape index (κ2) is 9.24.